The van der Waals surface area contributed by atoms with Gasteiger partial charge in [0.1, 0.15) is 0 Å². The Bertz CT molecular complexity index is 856. The van der Waals surface area contributed by atoms with E-state index in [4.69, 9.17) is 10.5 Å². The van der Waals surface area contributed by atoms with E-state index in [2.05, 4.69) is 23.7 Å². The summed E-state index contributed by atoms with van der Waals surface area (Å²) in [4.78, 5) is 18.6. The summed E-state index contributed by atoms with van der Waals surface area (Å²) < 4.78 is 33.2. The number of halogens is 2. The molecule has 2 atom stereocenters. The molecule has 1 aliphatic rings. The van der Waals surface area contributed by atoms with E-state index in [1.54, 1.807) is 6.07 Å². The Morgan fingerprint density at radius 2 is 2.17 bits per heavy atom. The van der Waals surface area contributed by atoms with Gasteiger partial charge >= 0.3 is 6.09 Å². The predicted molar refractivity (Wildman–Crippen MR) is 109 cm³/mol. The average Bonchev–Trinajstić information content (AvgIpc) is 3.27. The lowest BCUT2D eigenvalue weighted by Crippen LogP contribution is -2.45. The minimum Gasteiger partial charge on any atom is -0.414 e. The second kappa shape index (κ2) is 8.36. The molecule has 2 aromatic rings. The zero-order chi connectivity index (χ0) is 21.2. The van der Waals surface area contributed by atoms with Crippen LogP contribution in [0.1, 0.15) is 42.8 Å². The number of pyridine rings is 1. The molecule has 1 aliphatic heterocycles. The van der Waals surface area contributed by atoms with Crippen LogP contribution in [0.3, 0.4) is 0 Å². The highest BCUT2D eigenvalue weighted by atomic mass is 32.1. The maximum atomic E-state index is 15.1. The fourth-order valence-corrected chi connectivity index (χ4v) is 4.70. The molecule has 0 spiro atoms. The van der Waals surface area contributed by atoms with Crippen molar-refractivity contribution in [1.82, 2.24) is 9.88 Å². The molecule has 0 bridgehead atoms. The number of hydrogen-bond acceptors (Lipinski definition) is 5. The number of likely N-dealkylation sites (tertiary alicyclic amines) is 1. The highest BCUT2D eigenvalue weighted by molar-refractivity contribution is 7.10. The summed E-state index contributed by atoms with van der Waals surface area (Å²) in [7, 11) is 0. The normalized spacial score (nSPS) is 21.3. The van der Waals surface area contributed by atoms with Crippen LogP contribution in [-0.2, 0) is 16.7 Å². The summed E-state index contributed by atoms with van der Waals surface area (Å²) >= 11 is 1.06. The van der Waals surface area contributed by atoms with Gasteiger partial charge in [0, 0.05) is 28.9 Å². The van der Waals surface area contributed by atoms with Crippen molar-refractivity contribution in [2.75, 3.05) is 13.1 Å². The van der Waals surface area contributed by atoms with Crippen molar-refractivity contribution >= 4 is 17.4 Å². The summed E-state index contributed by atoms with van der Waals surface area (Å²) in [5.41, 5.74) is 5.78. The first-order valence-electron chi connectivity index (χ1n) is 9.65. The van der Waals surface area contributed by atoms with Gasteiger partial charge in [0.2, 0.25) is 6.36 Å². The van der Waals surface area contributed by atoms with Crippen molar-refractivity contribution in [1.29, 1.82) is 0 Å². The van der Waals surface area contributed by atoms with Gasteiger partial charge in [-0.3, -0.25) is 9.88 Å². The quantitative estimate of drug-likeness (QED) is 0.710. The van der Waals surface area contributed by atoms with E-state index in [0.717, 1.165) is 27.5 Å². The number of nitrogens with zero attached hydrogens (tertiary/aromatic N) is 2. The second-order valence-corrected chi connectivity index (χ2v) is 9.36. The fraction of sp³-hybridized carbons (Fsp3) is 0.524. The molecule has 1 fully saturated rings. The summed E-state index contributed by atoms with van der Waals surface area (Å²) in [5.74, 6) is 0. The third kappa shape index (κ3) is 4.75. The van der Waals surface area contributed by atoms with Crippen molar-refractivity contribution in [3.05, 3.63) is 51.7 Å². The standard InChI is InChI=1S/C21H27F2N3O2S/c1-14-4-5-15(12-25-14)20(2,3)26-11-10-21(13-26,18(23)28-19(24)27)9-8-16-6-7-17(22)29-16/h4-7,12,18H,8-11,13H2,1-3H3,(H2,24,27)/t18-,21+/m0/s1. The number of rotatable bonds is 7. The van der Waals surface area contributed by atoms with E-state index in [0.29, 0.717) is 32.4 Å². The van der Waals surface area contributed by atoms with Gasteiger partial charge in [-0.1, -0.05) is 6.07 Å². The smallest absolute Gasteiger partial charge is 0.407 e. The molecule has 3 heterocycles. The second-order valence-electron chi connectivity index (χ2n) is 8.24. The van der Waals surface area contributed by atoms with Gasteiger partial charge in [-0.15, -0.1) is 11.3 Å². The Kier molecular flexibility index (Phi) is 6.24. The van der Waals surface area contributed by atoms with E-state index >= 15 is 4.39 Å². The number of ether oxygens (including phenoxy) is 1. The van der Waals surface area contributed by atoms with Gasteiger partial charge in [-0.05, 0) is 70.3 Å². The Morgan fingerprint density at radius 1 is 1.41 bits per heavy atom. The number of thiophene rings is 1. The zero-order valence-electron chi connectivity index (χ0n) is 17.0. The molecule has 0 unspecified atom stereocenters. The molecular formula is C21H27F2N3O2S. The molecule has 1 saturated heterocycles. The van der Waals surface area contributed by atoms with E-state index in [9.17, 15) is 9.18 Å². The number of carbonyl (C=O) groups is 1. The van der Waals surface area contributed by atoms with Crippen LogP contribution in [0.25, 0.3) is 0 Å². The SMILES string of the molecule is Cc1ccc(C(C)(C)N2CC[C@@](CCc3ccc(F)s3)([C@@H](F)OC(N)=O)C2)cn1. The van der Waals surface area contributed by atoms with Crippen LogP contribution in [0.2, 0.25) is 0 Å². The van der Waals surface area contributed by atoms with Crippen molar-refractivity contribution in [3.63, 3.8) is 0 Å². The van der Waals surface area contributed by atoms with Crippen LogP contribution in [0, 0.1) is 17.5 Å². The molecule has 158 valence electrons. The Labute approximate surface area is 173 Å². The molecule has 0 saturated carbocycles. The van der Waals surface area contributed by atoms with Crippen LogP contribution in [-0.4, -0.2) is 35.4 Å². The van der Waals surface area contributed by atoms with E-state index in [-0.39, 0.29) is 10.7 Å². The number of carbonyl (C=O) groups excluding carboxylic acids is 1. The molecule has 5 nitrogen and oxygen atoms in total. The minimum atomic E-state index is -1.82. The number of nitrogens with two attached hydrogens (primary N) is 1. The first-order valence-corrected chi connectivity index (χ1v) is 10.5. The molecule has 8 heteroatoms. The molecular weight excluding hydrogens is 396 g/mol. The maximum Gasteiger partial charge on any atom is 0.407 e. The van der Waals surface area contributed by atoms with Crippen LogP contribution in [0.4, 0.5) is 13.6 Å². The Morgan fingerprint density at radius 3 is 2.76 bits per heavy atom. The van der Waals surface area contributed by atoms with Crippen LogP contribution in [0.5, 0.6) is 0 Å². The number of amides is 1. The topological polar surface area (TPSA) is 68.5 Å². The number of hydrogen-bond donors (Lipinski definition) is 1. The lowest BCUT2D eigenvalue weighted by Gasteiger charge is -2.38. The molecule has 0 aliphatic carbocycles. The van der Waals surface area contributed by atoms with Gasteiger partial charge in [-0.2, -0.15) is 4.39 Å². The molecule has 2 aromatic heterocycles. The molecule has 1 amide bonds. The van der Waals surface area contributed by atoms with Crippen molar-refractivity contribution in [2.24, 2.45) is 11.1 Å². The van der Waals surface area contributed by atoms with Gasteiger partial charge in [0.05, 0.1) is 5.41 Å². The molecule has 3 rings (SSSR count). The molecule has 2 N–H and O–H groups in total. The van der Waals surface area contributed by atoms with Crippen molar-refractivity contribution in [3.8, 4) is 0 Å². The Balaban J connectivity index is 1.81. The first kappa shape index (κ1) is 21.6. The van der Waals surface area contributed by atoms with Crippen LogP contribution in [0.15, 0.2) is 30.5 Å². The summed E-state index contributed by atoms with van der Waals surface area (Å²) in [6.45, 7) is 7.12. The van der Waals surface area contributed by atoms with Crippen LogP contribution >= 0.6 is 11.3 Å². The number of primary amides is 1. The highest BCUT2D eigenvalue weighted by Gasteiger charge is 2.50. The van der Waals surface area contributed by atoms with Gasteiger partial charge in [-0.25, -0.2) is 9.18 Å². The average molecular weight is 424 g/mol. The molecule has 29 heavy (non-hydrogen) atoms. The summed E-state index contributed by atoms with van der Waals surface area (Å²) in [6, 6.07) is 7.11. The lowest BCUT2D eigenvalue weighted by atomic mass is 9.81. The largest absolute Gasteiger partial charge is 0.414 e. The third-order valence-corrected chi connectivity index (χ3v) is 6.93. The number of aryl methyl sites for hydroxylation is 2. The maximum absolute atomic E-state index is 15.1. The van der Waals surface area contributed by atoms with Crippen molar-refractivity contribution in [2.45, 2.75) is 51.9 Å². The van der Waals surface area contributed by atoms with E-state index in [1.165, 1.54) is 6.07 Å². The number of alkyl halides is 1. The lowest BCUT2D eigenvalue weighted by molar-refractivity contribution is -0.0812. The number of aromatic nitrogens is 1. The fourth-order valence-electron chi connectivity index (χ4n) is 3.97. The minimum absolute atomic E-state index is 0.264. The highest BCUT2D eigenvalue weighted by Crippen LogP contribution is 2.45. The zero-order valence-corrected chi connectivity index (χ0v) is 17.8. The first-order chi connectivity index (χ1) is 13.6. The van der Waals surface area contributed by atoms with Gasteiger partial charge in [0.15, 0.2) is 5.13 Å². The predicted octanol–water partition coefficient (Wildman–Crippen LogP) is 4.54. The van der Waals surface area contributed by atoms with E-state index < -0.39 is 17.9 Å². The van der Waals surface area contributed by atoms with Gasteiger partial charge < -0.3 is 10.5 Å². The molecule has 0 radical (unpaired) electrons. The van der Waals surface area contributed by atoms with Gasteiger partial charge in [0.25, 0.3) is 0 Å². The molecule has 0 aromatic carbocycles. The van der Waals surface area contributed by atoms with E-state index in [1.807, 2.05) is 25.3 Å². The summed E-state index contributed by atoms with van der Waals surface area (Å²) in [5, 5.41) is -0.264. The van der Waals surface area contributed by atoms with Crippen molar-refractivity contribution < 1.29 is 18.3 Å². The monoisotopic (exact) mass is 423 g/mol. The third-order valence-electron chi connectivity index (χ3n) is 5.99. The van der Waals surface area contributed by atoms with Crippen LogP contribution < -0.4 is 5.73 Å². The Hall–Kier alpha value is -2.06. The summed E-state index contributed by atoms with van der Waals surface area (Å²) in [6.07, 6.45) is 0.355.